The first kappa shape index (κ1) is 34.7. The van der Waals surface area contributed by atoms with Gasteiger partial charge in [-0.25, -0.2) is 37.0 Å². The number of nitrogens with zero attached hydrogens (tertiary/aromatic N) is 1. The van der Waals surface area contributed by atoms with Gasteiger partial charge < -0.3 is 28.8 Å². The van der Waals surface area contributed by atoms with E-state index < -0.39 is 87.8 Å². The zero-order chi connectivity index (χ0) is 30.7. The second-order valence-electron chi connectivity index (χ2n) is 8.22. The number of ether oxygens (including phenoxy) is 5. The lowest BCUT2D eigenvalue weighted by Gasteiger charge is -2.32. The van der Waals surface area contributed by atoms with Gasteiger partial charge in [-0.15, -0.1) is 0 Å². The van der Waals surface area contributed by atoms with E-state index in [1.807, 2.05) is 4.98 Å². The number of phosphoric ester groups is 1. The first-order valence-corrected chi connectivity index (χ1v) is 12.9. The number of hydrogen-bond acceptors (Lipinski definition) is 14. The number of aliphatic hydroxyl groups excluding tert-OH is 1. The van der Waals surface area contributed by atoms with Crippen molar-refractivity contribution < 1.29 is 65.3 Å². The Bertz CT molecular complexity index is 1140. The normalized spacial score (nSPS) is 14.7. The Balaban J connectivity index is 3.12. The third-order valence-electron chi connectivity index (χ3n) is 4.12. The van der Waals surface area contributed by atoms with Crippen molar-refractivity contribution in [3.05, 3.63) is 39.7 Å². The summed E-state index contributed by atoms with van der Waals surface area (Å²) in [6.07, 6.45) is -7.85. The van der Waals surface area contributed by atoms with Crippen molar-refractivity contribution >= 4 is 26.0 Å². The fourth-order valence-electron chi connectivity index (χ4n) is 2.39. The van der Waals surface area contributed by atoms with Crippen LogP contribution in [0.4, 0.5) is 18.4 Å². The molecule has 1 rings (SSSR count). The molecular weight excluding hydrogens is 573 g/mol. The number of carbonyl (C=O) groups excluding carboxylic acids is 2. The first-order chi connectivity index (χ1) is 18.5. The lowest BCUT2D eigenvalue weighted by Crippen LogP contribution is -2.49. The van der Waals surface area contributed by atoms with Crippen LogP contribution >= 0.6 is 7.82 Å². The molecule has 2 N–H and O–H groups in total. The van der Waals surface area contributed by atoms with E-state index >= 15 is 4.39 Å². The predicted octanol–water partition coefficient (Wildman–Crippen LogP) is 2.56. The predicted molar refractivity (Wildman–Crippen MR) is 129 cm³/mol. The quantitative estimate of drug-likeness (QED) is 0.121. The summed E-state index contributed by atoms with van der Waals surface area (Å²) < 4.78 is 80.8. The van der Waals surface area contributed by atoms with Gasteiger partial charge in [0.25, 0.3) is 5.56 Å². The number of aromatic nitrogens is 2. The largest absolute Gasteiger partial charge is 0.510 e. The van der Waals surface area contributed by atoms with E-state index in [2.05, 4.69) is 25.5 Å². The van der Waals surface area contributed by atoms with Crippen molar-refractivity contribution in [1.82, 2.24) is 9.55 Å². The van der Waals surface area contributed by atoms with Crippen LogP contribution in [0.15, 0.2) is 28.4 Å². The second kappa shape index (κ2) is 15.5. The highest BCUT2D eigenvalue weighted by Gasteiger charge is 2.48. The fraction of sp³-hybridized carbons (Fsp3) is 0.619. The highest BCUT2D eigenvalue weighted by molar-refractivity contribution is 7.48. The summed E-state index contributed by atoms with van der Waals surface area (Å²) in [6, 6.07) is 0.852. The topological polar surface area (TPSA) is 200 Å². The van der Waals surface area contributed by atoms with Crippen LogP contribution < -0.4 is 11.2 Å². The number of alkyl halides is 2. The Morgan fingerprint density at radius 3 is 1.98 bits per heavy atom. The molecule has 0 amide bonds. The lowest BCUT2D eigenvalue weighted by atomic mass is 10.1. The number of nitrogens with one attached hydrogen (secondary N) is 1. The lowest BCUT2D eigenvalue weighted by molar-refractivity contribution is -0.205. The van der Waals surface area contributed by atoms with Crippen LogP contribution in [-0.2, 0) is 41.8 Å². The maximum atomic E-state index is 15.8. The zero-order valence-electron chi connectivity index (χ0n) is 22.2. The number of hydrogen-bond donors (Lipinski definition) is 2. The number of rotatable bonds is 16. The van der Waals surface area contributed by atoms with Crippen LogP contribution in [0.1, 0.15) is 34.6 Å². The molecule has 0 aliphatic carbocycles. The van der Waals surface area contributed by atoms with E-state index in [4.69, 9.17) is 18.3 Å². The molecule has 0 aliphatic rings. The van der Waals surface area contributed by atoms with Crippen LogP contribution in [0.3, 0.4) is 0 Å². The van der Waals surface area contributed by atoms with Crippen LogP contribution in [0.25, 0.3) is 5.88 Å². The minimum atomic E-state index is -5.06. The summed E-state index contributed by atoms with van der Waals surface area (Å²) in [5.74, 6) is -4.49. The van der Waals surface area contributed by atoms with Gasteiger partial charge in [-0.2, -0.15) is 4.39 Å². The SMILES string of the molecule is C=C(O[C@](F)(COP(=O)(OCOC(=O)OC(C)C)OCOC(=O)OC(C)C)[C@@H](O)[C@@H](C)F)n1ccc(=O)[nH]c1=O. The Kier molecular flexibility index (Phi) is 13.4. The molecule has 0 bridgehead atoms. The molecule has 0 aliphatic heterocycles. The monoisotopic (exact) mass is 604 g/mol. The number of aromatic amines is 1. The standard InChI is InChI=1S/C21H31F2N2O14P/c1-12(2)37-19(29)32-10-35-40(31,36-11-33-20(30)38-13(3)4)34-9-21(23,17(27)14(5)22)39-15(6)25-8-7-16(26)24-18(25)28/h7-8,12-14,17,27H,6,9-11H2,1-5H3,(H,24,26,28)/t14-,17+,21-/m1/s1. The molecule has 0 unspecified atom stereocenters. The highest BCUT2D eigenvalue weighted by Crippen LogP contribution is 2.50. The number of aliphatic hydroxyl groups is 1. The maximum absolute atomic E-state index is 15.8. The molecule has 0 fully saturated rings. The minimum absolute atomic E-state index is 0.500. The van der Waals surface area contributed by atoms with Crippen molar-refractivity contribution in [2.75, 3.05) is 20.2 Å². The second-order valence-corrected chi connectivity index (χ2v) is 9.89. The Morgan fingerprint density at radius 2 is 1.55 bits per heavy atom. The molecule has 228 valence electrons. The molecule has 0 radical (unpaired) electrons. The first-order valence-electron chi connectivity index (χ1n) is 11.4. The van der Waals surface area contributed by atoms with E-state index in [1.165, 1.54) is 27.7 Å². The summed E-state index contributed by atoms with van der Waals surface area (Å²) in [4.78, 5) is 48.1. The van der Waals surface area contributed by atoms with E-state index in [1.54, 1.807) is 0 Å². The smallest absolute Gasteiger partial charge is 0.437 e. The summed E-state index contributed by atoms with van der Waals surface area (Å²) >= 11 is 0. The van der Waals surface area contributed by atoms with Gasteiger partial charge in [0, 0.05) is 12.3 Å². The number of phosphoric acid groups is 1. The van der Waals surface area contributed by atoms with Crippen LogP contribution in [0.5, 0.6) is 0 Å². The molecule has 0 saturated heterocycles. The van der Waals surface area contributed by atoms with Gasteiger partial charge in [0.15, 0.2) is 12.0 Å². The van der Waals surface area contributed by atoms with Crippen molar-refractivity contribution in [1.29, 1.82) is 0 Å². The summed E-state index contributed by atoms with van der Waals surface area (Å²) in [5, 5.41) is 10.1. The van der Waals surface area contributed by atoms with Crippen molar-refractivity contribution in [3.63, 3.8) is 0 Å². The average Bonchev–Trinajstić information content (AvgIpc) is 2.81. The Hall–Kier alpha value is -3.31. The van der Waals surface area contributed by atoms with Gasteiger partial charge in [-0.1, -0.05) is 0 Å². The molecule has 0 spiro atoms. The molecule has 3 atom stereocenters. The van der Waals surface area contributed by atoms with Gasteiger partial charge >= 0.3 is 31.7 Å². The van der Waals surface area contributed by atoms with E-state index in [-0.39, 0.29) is 0 Å². The van der Waals surface area contributed by atoms with Gasteiger partial charge in [-0.05, 0) is 41.2 Å². The maximum Gasteiger partial charge on any atom is 0.510 e. The molecule has 19 heteroatoms. The van der Waals surface area contributed by atoms with Gasteiger partial charge in [0.1, 0.15) is 12.8 Å². The molecular formula is C21H31F2N2O14P. The van der Waals surface area contributed by atoms with E-state index in [9.17, 15) is 33.2 Å². The Labute approximate surface area is 226 Å². The van der Waals surface area contributed by atoms with Gasteiger partial charge in [-0.3, -0.25) is 14.3 Å². The molecule has 1 heterocycles. The summed E-state index contributed by atoms with van der Waals surface area (Å²) in [5.41, 5.74) is -1.94. The van der Waals surface area contributed by atoms with E-state index in [0.29, 0.717) is 4.57 Å². The average molecular weight is 604 g/mol. The van der Waals surface area contributed by atoms with Crippen molar-refractivity contribution in [2.45, 2.75) is 65.0 Å². The van der Waals surface area contributed by atoms with Gasteiger partial charge in [0.05, 0.1) is 12.2 Å². The number of H-pyrrole nitrogens is 1. The van der Waals surface area contributed by atoms with Gasteiger partial charge in [0.2, 0.25) is 13.6 Å². The third-order valence-corrected chi connectivity index (χ3v) is 5.40. The molecule has 16 nitrogen and oxygen atoms in total. The van der Waals surface area contributed by atoms with Crippen LogP contribution in [0.2, 0.25) is 0 Å². The molecule has 0 aromatic carbocycles. The fourth-order valence-corrected chi connectivity index (χ4v) is 3.31. The Morgan fingerprint density at radius 1 is 1.05 bits per heavy atom. The zero-order valence-corrected chi connectivity index (χ0v) is 23.1. The van der Waals surface area contributed by atoms with E-state index in [0.717, 1.165) is 19.2 Å². The summed E-state index contributed by atoms with van der Waals surface area (Å²) in [6.45, 7) is 6.10. The minimum Gasteiger partial charge on any atom is -0.437 e. The van der Waals surface area contributed by atoms with Crippen molar-refractivity contribution in [3.8, 4) is 0 Å². The molecule has 1 aromatic heterocycles. The van der Waals surface area contributed by atoms with Crippen LogP contribution in [0, 0.1) is 0 Å². The molecule has 40 heavy (non-hydrogen) atoms. The summed E-state index contributed by atoms with van der Waals surface area (Å²) in [7, 11) is -5.06. The number of carbonyl (C=O) groups is 2. The van der Waals surface area contributed by atoms with Crippen LogP contribution in [-0.4, -0.2) is 77.5 Å². The van der Waals surface area contributed by atoms with Crippen molar-refractivity contribution in [2.24, 2.45) is 0 Å². The molecule has 1 aromatic rings. The number of halogens is 2. The molecule has 0 saturated carbocycles. The highest BCUT2D eigenvalue weighted by atomic mass is 31.2. The third kappa shape index (κ3) is 11.8.